The molecule has 0 aromatic carbocycles. The second-order valence-corrected chi connectivity index (χ2v) is 34.4. The molecule has 0 aliphatic rings. The van der Waals surface area contributed by atoms with Gasteiger partial charge in [-0.05, 0) is 49.4 Å². The molecule has 3 unspecified atom stereocenters. The lowest BCUT2D eigenvalue weighted by Gasteiger charge is -2.21. The Morgan fingerprint density at radius 3 is 0.696 bits per heavy atom. The Kier molecular flexibility index (Phi) is 70.6. The second kappa shape index (κ2) is 72.0. The average molecular weight is 1490 g/mol. The summed E-state index contributed by atoms with van der Waals surface area (Å²) < 4.78 is 68.8. The molecule has 3 N–H and O–H groups in total. The van der Waals surface area contributed by atoms with Crippen LogP contribution in [0.25, 0.3) is 0 Å². The highest BCUT2D eigenvalue weighted by Gasteiger charge is 2.30. The third-order valence-corrected chi connectivity index (χ3v) is 21.6. The van der Waals surface area contributed by atoms with Crippen molar-refractivity contribution in [3.8, 4) is 0 Å². The third kappa shape index (κ3) is 74.9. The van der Waals surface area contributed by atoms with Gasteiger partial charge in [-0.15, -0.1) is 0 Å². The fraction of sp³-hybridized carbons (Fsp3) is 0.952. The molecule has 0 fully saturated rings. The van der Waals surface area contributed by atoms with E-state index in [0.29, 0.717) is 25.7 Å². The molecule has 0 heterocycles. The molecule has 0 rings (SSSR count). The van der Waals surface area contributed by atoms with E-state index in [1.54, 1.807) is 0 Å². The van der Waals surface area contributed by atoms with Gasteiger partial charge in [0, 0.05) is 25.7 Å². The molecule has 0 amide bonds. The summed E-state index contributed by atoms with van der Waals surface area (Å²) in [4.78, 5) is 73.1. The van der Waals surface area contributed by atoms with Crippen molar-refractivity contribution >= 4 is 39.5 Å². The van der Waals surface area contributed by atoms with Crippen LogP contribution in [0, 0.1) is 23.7 Å². The first kappa shape index (κ1) is 100. The predicted molar refractivity (Wildman–Crippen MR) is 418 cm³/mol. The number of rotatable bonds is 80. The molecule has 0 aliphatic heterocycles. The summed E-state index contributed by atoms with van der Waals surface area (Å²) in [5, 5.41) is 10.7. The number of phosphoric ester groups is 2. The highest BCUT2D eigenvalue weighted by atomic mass is 31.2. The first-order chi connectivity index (χ1) is 49.1. The van der Waals surface area contributed by atoms with Gasteiger partial charge >= 0.3 is 39.5 Å². The molecular weight excluding hydrogens is 1330 g/mol. The van der Waals surface area contributed by atoms with E-state index >= 15 is 0 Å². The van der Waals surface area contributed by atoms with E-state index in [1.165, 1.54) is 231 Å². The number of hydrogen-bond acceptors (Lipinski definition) is 15. The zero-order valence-electron chi connectivity index (χ0n) is 67.2. The van der Waals surface area contributed by atoms with Crippen LogP contribution in [0.2, 0.25) is 0 Å². The number of unbranched alkanes of at least 4 members (excludes halogenated alkanes) is 45. The van der Waals surface area contributed by atoms with Gasteiger partial charge in [-0.2, -0.15) is 0 Å². The number of hydrogen-bond donors (Lipinski definition) is 3. The van der Waals surface area contributed by atoms with E-state index < -0.39 is 97.5 Å². The van der Waals surface area contributed by atoms with Crippen LogP contribution in [-0.4, -0.2) is 96.7 Å². The molecule has 0 radical (unpaired) electrons. The van der Waals surface area contributed by atoms with Crippen LogP contribution in [0.5, 0.6) is 0 Å². The summed E-state index contributed by atoms with van der Waals surface area (Å²) >= 11 is 0. The third-order valence-electron chi connectivity index (χ3n) is 19.7. The smallest absolute Gasteiger partial charge is 0.462 e. The number of esters is 4. The van der Waals surface area contributed by atoms with E-state index in [9.17, 15) is 43.2 Å². The minimum Gasteiger partial charge on any atom is -0.462 e. The standard InChI is InChI=1S/C83H162O17P2/c1-9-76(8)62-54-46-38-33-34-40-48-56-64-81(86)94-70-79(100-83(88)66-58-50-42-32-26-20-23-29-37-45-53-61-75(6)7)72-98-102(91,92)96-68-77(84)67-95-101(89,90)97-71-78(69-93-80(85)63-55-47-39-30-24-18-15-14-17-22-28-36-44-52-60-74(4)5)99-82(87)65-57-49-41-31-25-19-13-11-10-12-16-21-27-35-43-51-59-73(2)3/h73-79,84H,9-72H2,1-8H3,(H,89,90)(H,91,92)/t76?,77-,78-,79-/m1/s1. The minimum absolute atomic E-state index is 0.106. The van der Waals surface area contributed by atoms with E-state index in [1.807, 2.05) is 0 Å². The Bertz CT molecular complexity index is 1990. The highest BCUT2D eigenvalue weighted by Crippen LogP contribution is 2.45. The second-order valence-electron chi connectivity index (χ2n) is 31.5. The summed E-state index contributed by atoms with van der Waals surface area (Å²) in [5.74, 6) is 1.04. The van der Waals surface area contributed by atoms with Gasteiger partial charge in [0.15, 0.2) is 12.2 Å². The van der Waals surface area contributed by atoms with Crippen molar-refractivity contribution in [2.24, 2.45) is 23.7 Å². The van der Waals surface area contributed by atoms with Gasteiger partial charge in [0.1, 0.15) is 19.3 Å². The molecule has 6 atom stereocenters. The monoisotopic (exact) mass is 1490 g/mol. The van der Waals surface area contributed by atoms with Gasteiger partial charge in [0.25, 0.3) is 0 Å². The highest BCUT2D eigenvalue weighted by molar-refractivity contribution is 7.47. The lowest BCUT2D eigenvalue weighted by molar-refractivity contribution is -0.161. The SMILES string of the molecule is CCC(C)CCCCCCCCCCC(=O)OC[C@H](COP(=O)(O)OC[C@H](O)COP(=O)(O)OC[C@@H](COC(=O)CCCCCCCCCCCCCCCCC(C)C)OC(=O)CCCCCCCCCCCCCCCCCCC(C)C)OC(=O)CCCCCCCCCCCCCC(C)C. The maximum absolute atomic E-state index is 13.1. The maximum atomic E-state index is 13.1. The molecule has 0 spiro atoms. The van der Waals surface area contributed by atoms with Crippen molar-refractivity contribution < 1.29 is 80.2 Å². The van der Waals surface area contributed by atoms with Gasteiger partial charge in [-0.25, -0.2) is 9.13 Å². The molecular formula is C83H162O17P2. The summed E-state index contributed by atoms with van der Waals surface area (Å²) in [6.07, 6.45) is 59.6. The van der Waals surface area contributed by atoms with Crippen molar-refractivity contribution in [2.45, 2.75) is 446 Å². The summed E-state index contributed by atoms with van der Waals surface area (Å²) in [5.41, 5.74) is 0. The maximum Gasteiger partial charge on any atom is 0.472 e. The van der Waals surface area contributed by atoms with Crippen LogP contribution in [0.1, 0.15) is 428 Å². The number of carbonyl (C=O) groups is 4. The zero-order chi connectivity index (χ0) is 75.3. The summed E-state index contributed by atoms with van der Waals surface area (Å²) in [6.45, 7) is 14.3. The quantitative estimate of drug-likeness (QED) is 0.0222. The van der Waals surface area contributed by atoms with Crippen molar-refractivity contribution in [1.82, 2.24) is 0 Å². The van der Waals surface area contributed by atoms with Crippen molar-refractivity contribution in [3.63, 3.8) is 0 Å². The van der Waals surface area contributed by atoms with Crippen LogP contribution in [0.15, 0.2) is 0 Å². The minimum atomic E-state index is -4.96. The molecule has 102 heavy (non-hydrogen) atoms. The largest absolute Gasteiger partial charge is 0.472 e. The van der Waals surface area contributed by atoms with E-state index in [2.05, 4.69) is 55.4 Å². The predicted octanol–water partition coefficient (Wildman–Crippen LogP) is 24.8. The molecule has 17 nitrogen and oxygen atoms in total. The Hall–Kier alpha value is -1.94. The lowest BCUT2D eigenvalue weighted by Crippen LogP contribution is -2.30. The lowest BCUT2D eigenvalue weighted by atomic mass is 9.99. The number of aliphatic hydroxyl groups excluding tert-OH is 1. The summed E-state index contributed by atoms with van der Waals surface area (Å²) in [6, 6.07) is 0. The number of phosphoric acid groups is 2. The topological polar surface area (TPSA) is 237 Å². The van der Waals surface area contributed by atoms with Crippen LogP contribution in [0.4, 0.5) is 0 Å². The molecule has 0 saturated heterocycles. The molecule has 0 aromatic rings. The molecule has 19 heteroatoms. The fourth-order valence-electron chi connectivity index (χ4n) is 12.8. The van der Waals surface area contributed by atoms with E-state index in [-0.39, 0.29) is 25.7 Å². The van der Waals surface area contributed by atoms with Gasteiger partial charge in [0.2, 0.25) is 0 Å². The van der Waals surface area contributed by atoms with Crippen molar-refractivity contribution in [1.29, 1.82) is 0 Å². The average Bonchev–Trinajstić information content (AvgIpc) is 0.911. The van der Waals surface area contributed by atoms with E-state index in [4.69, 9.17) is 37.0 Å². The molecule has 606 valence electrons. The molecule has 0 aliphatic carbocycles. The molecule has 0 aromatic heterocycles. The fourth-order valence-corrected chi connectivity index (χ4v) is 14.3. The summed E-state index contributed by atoms with van der Waals surface area (Å²) in [7, 11) is -9.93. The van der Waals surface area contributed by atoms with Gasteiger partial charge in [-0.3, -0.25) is 37.3 Å². The van der Waals surface area contributed by atoms with Crippen molar-refractivity contribution in [2.75, 3.05) is 39.6 Å². The Morgan fingerprint density at radius 2 is 0.471 bits per heavy atom. The number of ether oxygens (including phenoxy) is 4. The van der Waals surface area contributed by atoms with Gasteiger partial charge in [-0.1, -0.05) is 376 Å². The molecule has 0 saturated carbocycles. The van der Waals surface area contributed by atoms with Crippen LogP contribution < -0.4 is 0 Å². The van der Waals surface area contributed by atoms with Crippen LogP contribution >= 0.6 is 15.6 Å². The zero-order valence-corrected chi connectivity index (χ0v) is 69.0. The Labute approximate surface area is 626 Å². The first-order valence-corrected chi connectivity index (χ1v) is 45.7. The van der Waals surface area contributed by atoms with Gasteiger partial charge in [0.05, 0.1) is 26.4 Å². The van der Waals surface area contributed by atoms with Crippen LogP contribution in [0.3, 0.4) is 0 Å². The number of aliphatic hydroxyl groups is 1. The Balaban J connectivity index is 5.27. The Morgan fingerprint density at radius 1 is 0.275 bits per heavy atom. The van der Waals surface area contributed by atoms with Gasteiger partial charge < -0.3 is 33.8 Å². The first-order valence-electron chi connectivity index (χ1n) is 42.7. The van der Waals surface area contributed by atoms with Crippen LogP contribution in [-0.2, 0) is 65.4 Å². The normalized spacial score (nSPS) is 14.3. The van der Waals surface area contributed by atoms with Crippen molar-refractivity contribution in [3.05, 3.63) is 0 Å². The number of carbonyl (C=O) groups excluding carboxylic acids is 4. The molecule has 0 bridgehead atoms. The van der Waals surface area contributed by atoms with E-state index in [0.717, 1.165) is 114 Å².